The molecule has 0 atom stereocenters. The van der Waals surface area contributed by atoms with Crippen molar-refractivity contribution < 1.29 is 19.4 Å². The average Bonchev–Trinajstić information content (AvgIpc) is 2.53. The lowest BCUT2D eigenvalue weighted by Gasteiger charge is -2.06. The standard InChI is InChI=1S/C14H13N3O4/c1-21-12-6-9(2-4-16-12)8-17-13(18)10-3-5-15-11(7-10)14(19)20/h2-7H,8H2,1H3,(H,17,18)(H,19,20). The molecule has 0 fully saturated rings. The van der Waals surface area contributed by atoms with Crippen LogP contribution < -0.4 is 10.1 Å². The Kier molecular flexibility index (Phi) is 4.45. The number of hydrogen-bond acceptors (Lipinski definition) is 5. The van der Waals surface area contributed by atoms with E-state index in [9.17, 15) is 9.59 Å². The molecule has 0 aliphatic carbocycles. The SMILES string of the molecule is COc1cc(CNC(=O)c2ccnc(C(=O)O)c2)ccn1. The molecule has 108 valence electrons. The molecular formula is C14H13N3O4. The Bertz CT molecular complexity index is 673. The Morgan fingerprint density at radius 3 is 2.71 bits per heavy atom. The van der Waals surface area contributed by atoms with Gasteiger partial charge in [-0.3, -0.25) is 4.79 Å². The lowest BCUT2D eigenvalue weighted by molar-refractivity contribution is 0.0690. The van der Waals surface area contributed by atoms with Gasteiger partial charge in [0.25, 0.3) is 5.91 Å². The third kappa shape index (κ3) is 3.75. The van der Waals surface area contributed by atoms with Gasteiger partial charge in [-0.15, -0.1) is 0 Å². The summed E-state index contributed by atoms with van der Waals surface area (Å²) in [5.74, 6) is -1.10. The van der Waals surface area contributed by atoms with Gasteiger partial charge in [-0.2, -0.15) is 0 Å². The smallest absolute Gasteiger partial charge is 0.354 e. The van der Waals surface area contributed by atoms with E-state index in [1.807, 2.05) is 0 Å². The number of carbonyl (C=O) groups excluding carboxylic acids is 1. The van der Waals surface area contributed by atoms with Crippen LogP contribution in [0.25, 0.3) is 0 Å². The van der Waals surface area contributed by atoms with Crippen LogP contribution in [0.3, 0.4) is 0 Å². The minimum Gasteiger partial charge on any atom is -0.481 e. The summed E-state index contributed by atoms with van der Waals surface area (Å²) in [5, 5.41) is 11.5. The van der Waals surface area contributed by atoms with E-state index in [-0.39, 0.29) is 23.7 Å². The molecule has 0 aliphatic rings. The molecule has 0 bridgehead atoms. The monoisotopic (exact) mass is 287 g/mol. The lowest BCUT2D eigenvalue weighted by Crippen LogP contribution is -2.23. The first kappa shape index (κ1) is 14.4. The second kappa shape index (κ2) is 6.47. The maximum absolute atomic E-state index is 12.0. The van der Waals surface area contributed by atoms with Gasteiger partial charge in [-0.25, -0.2) is 14.8 Å². The van der Waals surface area contributed by atoms with Crippen molar-refractivity contribution in [3.05, 3.63) is 53.5 Å². The molecule has 2 aromatic heterocycles. The Morgan fingerprint density at radius 2 is 2.00 bits per heavy atom. The number of aromatic carboxylic acids is 1. The zero-order valence-corrected chi connectivity index (χ0v) is 11.2. The van der Waals surface area contributed by atoms with E-state index in [1.54, 1.807) is 18.3 Å². The average molecular weight is 287 g/mol. The highest BCUT2D eigenvalue weighted by molar-refractivity contribution is 5.96. The van der Waals surface area contributed by atoms with Crippen molar-refractivity contribution in [2.45, 2.75) is 6.54 Å². The number of aromatic nitrogens is 2. The highest BCUT2D eigenvalue weighted by atomic mass is 16.5. The van der Waals surface area contributed by atoms with Crippen molar-refractivity contribution in [2.75, 3.05) is 7.11 Å². The number of nitrogens with one attached hydrogen (secondary N) is 1. The molecule has 0 aromatic carbocycles. The highest BCUT2D eigenvalue weighted by Crippen LogP contribution is 2.09. The van der Waals surface area contributed by atoms with Crippen molar-refractivity contribution in [2.24, 2.45) is 0 Å². The maximum atomic E-state index is 12.0. The summed E-state index contributed by atoms with van der Waals surface area (Å²) in [5.41, 5.74) is 0.888. The number of methoxy groups -OCH3 is 1. The third-order valence-corrected chi connectivity index (χ3v) is 2.70. The predicted octanol–water partition coefficient (Wildman–Crippen LogP) is 1.11. The molecule has 0 saturated carbocycles. The fraction of sp³-hybridized carbons (Fsp3) is 0.143. The topological polar surface area (TPSA) is 101 Å². The van der Waals surface area contributed by atoms with Crippen LogP contribution in [0, 0.1) is 0 Å². The second-order valence-corrected chi connectivity index (χ2v) is 4.12. The van der Waals surface area contributed by atoms with Gasteiger partial charge in [0.05, 0.1) is 7.11 Å². The van der Waals surface area contributed by atoms with Crippen molar-refractivity contribution in [1.82, 2.24) is 15.3 Å². The van der Waals surface area contributed by atoms with E-state index in [0.29, 0.717) is 5.88 Å². The number of carbonyl (C=O) groups is 2. The minimum atomic E-state index is -1.18. The van der Waals surface area contributed by atoms with Gasteiger partial charge in [-0.1, -0.05) is 0 Å². The largest absolute Gasteiger partial charge is 0.481 e. The predicted molar refractivity (Wildman–Crippen MR) is 73.2 cm³/mol. The van der Waals surface area contributed by atoms with Crippen LogP contribution in [-0.2, 0) is 6.54 Å². The van der Waals surface area contributed by atoms with Gasteiger partial charge in [0.1, 0.15) is 5.69 Å². The minimum absolute atomic E-state index is 0.173. The second-order valence-electron chi connectivity index (χ2n) is 4.12. The number of carboxylic acid groups (broad SMARTS) is 1. The Hall–Kier alpha value is -2.96. The number of pyridine rings is 2. The number of rotatable bonds is 5. The summed E-state index contributed by atoms with van der Waals surface area (Å²) >= 11 is 0. The summed E-state index contributed by atoms with van der Waals surface area (Å²) in [6.45, 7) is 0.280. The molecule has 0 saturated heterocycles. The van der Waals surface area contributed by atoms with Crippen LogP contribution in [0.2, 0.25) is 0 Å². The van der Waals surface area contributed by atoms with Crippen LogP contribution >= 0.6 is 0 Å². The Balaban J connectivity index is 2.04. The van der Waals surface area contributed by atoms with E-state index < -0.39 is 5.97 Å². The van der Waals surface area contributed by atoms with Crippen molar-refractivity contribution >= 4 is 11.9 Å². The molecule has 2 rings (SSSR count). The summed E-state index contributed by atoms with van der Waals surface area (Å²) in [6, 6.07) is 6.13. The Labute approximate surface area is 120 Å². The van der Waals surface area contributed by atoms with E-state index >= 15 is 0 Å². The van der Waals surface area contributed by atoms with Gasteiger partial charge >= 0.3 is 5.97 Å². The van der Waals surface area contributed by atoms with Crippen LogP contribution in [0.4, 0.5) is 0 Å². The highest BCUT2D eigenvalue weighted by Gasteiger charge is 2.10. The van der Waals surface area contributed by atoms with Gasteiger partial charge < -0.3 is 15.2 Å². The Morgan fingerprint density at radius 1 is 1.24 bits per heavy atom. The number of carboxylic acids is 1. The van der Waals surface area contributed by atoms with E-state index in [1.165, 1.54) is 25.4 Å². The van der Waals surface area contributed by atoms with E-state index in [4.69, 9.17) is 9.84 Å². The van der Waals surface area contributed by atoms with Crippen LogP contribution in [0.15, 0.2) is 36.7 Å². The molecule has 2 aromatic rings. The molecule has 1 amide bonds. The van der Waals surface area contributed by atoms with E-state index in [0.717, 1.165) is 5.56 Å². The molecule has 2 N–H and O–H groups in total. The summed E-state index contributed by atoms with van der Waals surface area (Å²) in [4.78, 5) is 30.4. The third-order valence-electron chi connectivity index (χ3n) is 2.70. The first-order chi connectivity index (χ1) is 10.1. The van der Waals surface area contributed by atoms with Crippen molar-refractivity contribution in [3.63, 3.8) is 0 Å². The van der Waals surface area contributed by atoms with Crippen LogP contribution in [-0.4, -0.2) is 34.1 Å². The summed E-state index contributed by atoms with van der Waals surface area (Å²) in [7, 11) is 1.51. The molecule has 0 unspecified atom stereocenters. The maximum Gasteiger partial charge on any atom is 0.354 e. The van der Waals surface area contributed by atoms with Gasteiger partial charge in [0, 0.05) is 30.6 Å². The fourth-order valence-electron chi connectivity index (χ4n) is 1.65. The number of nitrogens with zero attached hydrogens (tertiary/aromatic N) is 2. The van der Waals surface area contributed by atoms with Crippen LogP contribution in [0.1, 0.15) is 26.4 Å². The molecule has 7 heteroatoms. The summed E-state index contributed by atoms with van der Waals surface area (Å²) < 4.78 is 4.99. The number of amides is 1. The van der Waals surface area contributed by atoms with E-state index in [2.05, 4.69) is 15.3 Å². The normalized spacial score (nSPS) is 9.95. The van der Waals surface area contributed by atoms with Gasteiger partial charge in [-0.05, 0) is 23.8 Å². The van der Waals surface area contributed by atoms with Crippen molar-refractivity contribution in [3.8, 4) is 5.88 Å². The lowest BCUT2D eigenvalue weighted by atomic mass is 10.2. The molecule has 0 spiro atoms. The first-order valence-corrected chi connectivity index (χ1v) is 6.06. The van der Waals surface area contributed by atoms with Crippen LogP contribution in [0.5, 0.6) is 5.88 Å². The zero-order valence-electron chi connectivity index (χ0n) is 11.2. The van der Waals surface area contributed by atoms with Gasteiger partial charge in [0.15, 0.2) is 0 Å². The molecule has 2 heterocycles. The molecular weight excluding hydrogens is 274 g/mol. The fourth-order valence-corrected chi connectivity index (χ4v) is 1.65. The quantitative estimate of drug-likeness (QED) is 0.854. The molecule has 7 nitrogen and oxygen atoms in total. The first-order valence-electron chi connectivity index (χ1n) is 6.06. The molecule has 0 radical (unpaired) electrons. The number of hydrogen-bond donors (Lipinski definition) is 2. The van der Waals surface area contributed by atoms with Crippen molar-refractivity contribution in [1.29, 1.82) is 0 Å². The molecule has 21 heavy (non-hydrogen) atoms. The van der Waals surface area contributed by atoms with Gasteiger partial charge in [0.2, 0.25) is 5.88 Å². The zero-order chi connectivity index (χ0) is 15.2. The summed E-state index contributed by atoms with van der Waals surface area (Å²) in [6.07, 6.45) is 2.86. The molecule has 0 aliphatic heterocycles. The number of ether oxygens (including phenoxy) is 1.